The van der Waals surface area contributed by atoms with Gasteiger partial charge < -0.3 is 9.55 Å². The van der Waals surface area contributed by atoms with Gasteiger partial charge >= 0.3 is 0 Å². The lowest BCUT2D eigenvalue weighted by atomic mass is 9.97. The quantitative estimate of drug-likeness (QED) is 0.244. The van der Waals surface area contributed by atoms with Gasteiger partial charge in [-0.1, -0.05) is 25.7 Å². The second kappa shape index (κ2) is 9.52. The molecule has 0 unspecified atom stereocenters. The number of hydrogen-bond acceptors (Lipinski definition) is 4. The molecule has 6 rings (SSSR count). The van der Waals surface area contributed by atoms with Crippen molar-refractivity contribution in [3.8, 4) is 0 Å². The minimum absolute atomic E-state index is 0.177. The van der Waals surface area contributed by atoms with Crippen molar-refractivity contribution in [2.24, 2.45) is 7.05 Å². The van der Waals surface area contributed by atoms with Crippen molar-refractivity contribution in [1.82, 2.24) is 9.55 Å². The maximum absolute atomic E-state index is 10.9. The highest BCUT2D eigenvalue weighted by atomic mass is 16.6. The summed E-state index contributed by atoms with van der Waals surface area (Å²) >= 11 is 0. The number of nitrogens with zero attached hydrogens (tertiary/aromatic N) is 3. The molecule has 182 valence electrons. The van der Waals surface area contributed by atoms with E-state index in [9.17, 15) is 20.2 Å². The molecule has 0 spiro atoms. The molecule has 0 atom stereocenters. The number of H-pyrrole nitrogens is 1. The third-order valence-electron chi connectivity index (χ3n) is 7.71. The molecule has 2 heterocycles. The van der Waals surface area contributed by atoms with Gasteiger partial charge in [-0.3, -0.25) is 20.2 Å². The third-order valence-corrected chi connectivity index (χ3v) is 7.71. The van der Waals surface area contributed by atoms with Crippen molar-refractivity contribution in [1.29, 1.82) is 0 Å². The van der Waals surface area contributed by atoms with Gasteiger partial charge in [0.15, 0.2) is 0 Å². The van der Waals surface area contributed by atoms with E-state index in [1.807, 2.05) is 19.3 Å². The Morgan fingerprint density at radius 3 is 1.94 bits per heavy atom. The van der Waals surface area contributed by atoms with Gasteiger partial charge in [-0.05, 0) is 60.8 Å². The first-order valence-corrected chi connectivity index (χ1v) is 12.4. The van der Waals surface area contributed by atoms with Crippen molar-refractivity contribution in [2.75, 3.05) is 0 Å². The summed E-state index contributed by atoms with van der Waals surface area (Å²) in [5.41, 5.74) is 4.99. The molecule has 8 heteroatoms. The maximum atomic E-state index is 10.9. The SMILES string of the molecule is Cn1cc(C2CCCC2)c2cc([N+](=O)[O-])ccc21.O=[N+]([O-])c1ccc2[nH]cc(C3CCCC3)c2c1. The monoisotopic (exact) mass is 474 g/mol. The Labute approximate surface area is 203 Å². The number of nitrogens with one attached hydrogen (secondary N) is 1. The Bertz CT molecular complexity index is 1390. The van der Waals surface area contributed by atoms with Crippen LogP contribution in [0, 0.1) is 20.2 Å². The predicted molar refractivity (Wildman–Crippen MR) is 137 cm³/mol. The summed E-state index contributed by atoms with van der Waals surface area (Å²) in [7, 11) is 2.01. The topological polar surface area (TPSA) is 107 Å². The molecule has 0 saturated heterocycles. The van der Waals surface area contributed by atoms with Gasteiger partial charge in [0.25, 0.3) is 11.4 Å². The van der Waals surface area contributed by atoms with Crippen LogP contribution in [0.25, 0.3) is 21.8 Å². The van der Waals surface area contributed by atoms with Crippen LogP contribution in [-0.4, -0.2) is 19.4 Å². The highest BCUT2D eigenvalue weighted by molar-refractivity contribution is 5.87. The fourth-order valence-electron chi connectivity index (χ4n) is 5.90. The van der Waals surface area contributed by atoms with Crippen LogP contribution in [0.1, 0.15) is 74.3 Å². The summed E-state index contributed by atoms with van der Waals surface area (Å²) in [6.45, 7) is 0. The lowest BCUT2D eigenvalue weighted by Gasteiger charge is -2.06. The molecule has 2 aromatic carbocycles. The molecule has 2 fully saturated rings. The third kappa shape index (κ3) is 4.52. The maximum Gasteiger partial charge on any atom is 0.270 e. The molecular weight excluding hydrogens is 444 g/mol. The number of fused-ring (bicyclic) bond motifs is 2. The van der Waals surface area contributed by atoms with Crippen LogP contribution in [0.15, 0.2) is 48.8 Å². The largest absolute Gasteiger partial charge is 0.361 e. The van der Waals surface area contributed by atoms with Crippen molar-refractivity contribution >= 4 is 33.2 Å². The summed E-state index contributed by atoms with van der Waals surface area (Å²) < 4.78 is 2.08. The number of aryl methyl sites for hydroxylation is 1. The van der Waals surface area contributed by atoms with Crippen LogP contribution in [0.2, 0.25) is 0 Å². The van der Waals surface area contributed by atoms with E-state index in [4.69, 9.17) is 0 Å². The average molecular weight is 475 g/mol. The molecule has 2 aliphatic rings. The first kappa shape index (κ1) is 23.1. The van der Waals surface area contributed by atoms with E-state index in [2.05, 4.69) is 15.7 Å². The summed E-state index contributed by atoms with van der Waals surface area (Å²) in [4.78, 5) is 24.2. The molecule has 0 radical (unpaired) electrons. The molecule has 8 nitrogen and oxygen atoms in total. The second-order valence-corrected chi connectivity index (χ2v) is 9.85. The number of aromatic amines is 1. The van der Waals surface area contributed by atoms with Crippen LogP contribution in [-0.2, 0) is 7.05 Å². The number of rotatable bonds is 4. The van der Waals surface area contributed by atoms with Crippen LogP contribution in [0.3, 0.4) is 0 Å². The van der Waals surface area contributed by atoms with Crippen LogP contribution < -0.4 is 0 Å². The van der Waals surface area contributed by atoms with E-state index in [0.29, 0.717) is 11.8 Å². The van der Waals surface area contributed by atoms with Crippen LogP contribution in [0.4, 0.5) is 11.4 Å². The van der Waals surface area contributed by atoms with E-state index in [1.165, 1.54) is 62.5 Å². The Hall–Kier alpha value is -3.68. The van der Waals surface area contributed by atoms with Crippen LogP contribution >= 0.6 is 0 Å². The van der Waals surface area contributed by atoms with E-state index < -0.39 is 0 Å². The van der Waals surface area contributed by atoms with Gasteiger partial charge in [-0.25, -0.2) is 0 Å². The van der Waals surface area contributed by atoms with Gasteiger partial charge in [0, 0.05) is 65.5 Å². The molecule has 2 saturated carbocycles. The number of benzene rings is 2. The molecular formula is C27H30N4O4. The highest BCUT2D eigenvalue weighted by Gasteiger charge is 2.23. The van der Waals surface area contributed by atoms with Crippen molar-refractivity contribution in [2.45, 2.75) is 63.2 Å². The number of nitro groups is 2. The normalized spacial score (nSPS) is 16.6. The molecule has 0 amide bonds. The molecule has 0 aliphatic heterocycles. The second-order valence-electron chi connectivity index (χ2n) is 9.85. The van der Waals surface area contributed by atoms with Crippen LogP contribution in [0.5, 0.6) is 0 Å². The fourth-order valence-corrected chi connectivity index (χ4v) is 5.90. The summed E-state index contributed by atoms with van der Waals surface area (Å²) in [5.74, 6) is 1.15. The van der Waals surface area contributed by atoms with Gasteiger partial charge in [-0.15, -0.1) is 0 Å². The number of hydrogen-bond donors (Lipinski definition) is 1. The lowest BCUT2D eigenvalue weighted by molar-refractivity contribution is -0.384. The zero-order chi connectivity index (χ0) is 24.5. The lowest BCUT2D eigenvalue weighted by Crippen LogP contribution is -1.91. The molecule has 2 aromatic heterocycles. The van der Waals surface area contributed by atoms with Crippen molar-refractivity contribution in [3.05, 3.63) is 80.1 Å². The standard InChI is InChI=1S/C14H16N2O2.C13H14N2O2/c1-15-9-13(10-4-2-3-5-10)12-8-11(16(17)18)6-7-14(12)15;16-15(17)10-5-6-13-11(7-10)12(8-14-13)9-3-1-2-4-9/h6-10H,2-5H2,1H3;5-9,14H,1-4H2. The highest BCUT2D eigenvalue weighted by Crippen LogP contribution is 2.40. The van der Waals surface area contributed by atoms with E-state index >= 15 is 0 Å². The summed E-state index contributed by atoms with van der Waals surface area (Å²) in [6.07, 6.45) is 14.1. The summed E-state index contributed by atoms with van der Waals surface area (Å²) in [6, 6.07) is 10.2. The summed E-state index contributed by atoms with van der Waals surface area (Å²) in [5, 5.41) is 23.8. The number of non-ortho nitro benzene ring substituents is 2. The first-order valence-electron chi connectivity index (χ1n) is 12.4. The zero-order valence-corrected chi connectivity index (χ0v) is 19.9. The zero-order valence-electron chi connectivity index (χ0n) is 19.9. The predicted octanol–water partition coefficient (Wildman–Crippen LogP) is 7.48. The van der Waals surface area contributed by atoms with E-state index in [0.717, 1.165) is 21.8 Å². The van der Waals surface area contributed by atoms with E-state index in [-0.39, 0.29) is 21.2 Å². The fraction of sp³-hybridized carbons (Fsp3) is 0.407. The van der Waals surface area contributed by atoms with Gasteiger partial charge in [0.1, 0.15) is 0 Å². The van der Waals surface area contributed by atoms with Crippen molar-refractivity contribution in [3.63, 3.8) is 0 Å². The Morgan fingerprint density at radius 1 is 0.800 bits per heavy atom. The average Bonchev–Trinajstić information content (AvgIpc) is 3.65. The van der Waals surface area contributed by atoms with E-state index in [1.54, 1.807) is 30.3 Å². The number of aromatic nitrogens is 2. The minimum atomic E-state index is -0.329. The van der Waals surface area contributed by atoms with Gasteiger partial charge in [0.2, 0.25) is 0 Å². The molecule has 0 bridgehead atoms. The molecule has 1 N–H and O–H groups in total. The van der Waals surface area contributed by atoms with Gasteiger partial charge in [-0.2, -0.15) is 0 Å². The first-order chi connectivity index (χ1) is 16.9. The molecule has 2 aliphatic carbocycles. The Kier molecular flexibility index (Phi) is 6.28. The Morgan fingerprint density at radius 2 is 1.34 bits per heavy atom. The number of nitro benzene ring substituents is 2. The molecule has 35 heavy (non-hydrogen) atoms. The Balaban J connectivity index is 0.000000145. The van der Waals surface area contributed by atoms with Gasteiger partial charge in [0.05, 0.1) is 9.85 Å². The van der Waals surface area contributed by atoms with Crippen molar-refractivity contribution < 1.29 is 9.85 Å². The smallest absolute Gasteiger partial charge is 0.270 e. The minimum Gasteiger partial charge on any atom is -0.361 e. The molecule has 4 aromatic rings.